The molecule has 1 fully saturated rings. The zero-order valence-electron chi connectivity index (χ0n) is 17.2. The molecule has 4 heteroatoms. The molecule has 1 aliphatic rings. The smallest absolute Gasteiger partial charge is 0.254 e. The number of methoxy groups -OCH3 is 1. The maximum atomic E-state index is 13.5. The number of hydrogen-bond donors (Lipinski definition) is 0. The van der Waals surface area contributed by atoms with Crippen LogP contribution in [-0.2, 0) is 4.79 Å². The maximum absolute atomic E-state index is 13.5. The van der Waals surface area contributed by atoms with Crippen LogP contribution in [-0.4, -0.2) is 44.1 Å². The van der Waals surface area contributed by atoms with E-state index >= 15 is 0 Å². The molecular formula is C26H26N2O2. The molecule has 0 unspecified atom stereocenters. The summed E-state index contributed by atoms with van der Waals surface area (Å²) in [6.45, 7) is 2.91. The van der Waals surface area contributed by atoms with Gasteiger partial charge >= 0.3 is 0 Å². The minimum atomic E-state index is 0.0738. The van der Waals surface area contributed by atoms with Gasteiger partial charge in [0.15, 0.2) is 0 Å². The highest BCUT2D eigenvalue weighted by Gasteiger charge is 2.25. The number of carbonyl (C=O) groups is 1. The molecule has 0 aromatic heterocycles. The van der Waals surface area contributed by atoms with Gasteiger partial charge < -0.3 is 14.5 Å². The molecule has 0 N–H and O–H groups in total. The van der Waals surface area contributed by atoms with Crippen LogP contribution >= 0.6 is 0 Å². The van der Waals surface area contributed by atoms with Gasteiger partial charge in [-0.15, -0.1) is 0 Å². The number of piperazine rings is 1. The first-order valence-corrected chi connectivity index (χ1v) is 10.3. The second-order valence-electron chi connectivity index (χ2n) is 7.29. The lowest BCUT2D eigenvalue weighted by atomic mass is 10.0. The number of hydrogen-bond acceptors (Lipinski definition) is 3. The Morgan fingerprint density at radius 3 is 2.07 bits per heavy atom. The number of amides is 1. The van der Waals surface area contributed by atoms with Crippen molar-refractivity contribution in [1.29, 1.82) is 0 Å². The van der Waals surface area contributed by atoms with Crippen LogP contribution in [0.4, 0.5) is 5.69 Å². The van der Waals surface area contributed by atoms with Crippen LogP contribution in [0.15, 0.2) is 84.9 Å². The largest absolute Gasteiger partial charge is 0.495 e. The third-order valence-electron chi connectivity index (χ3n) is 5.42. The fraction of sp³-hybridized carbons (Fsp3) is 0.192. The van der Waals surface area contributed by atoms with Gasteiger partial charge in [-0.1, -0.05) is 72.8 Å². The predicted octanol–water partition coefficient (Wildman–Crippen LogP) is 4.58. The first-order chi connectivity index (χ1) is 14.8. The molecular weight excluding hydrogens is 372 g/mol. The SMILES string of the molecule is COc1ccccc1N1CCN(C(=O)C(=Cc2ccccc2)c2ccccc2)CC1. The Labute approximate surface area is 178 Å². The van der Waals surface area contributed by atoms with Crippen LogP contribution < -0.4 is 9.64 Å². The van der Waals surface area contributed by atoms with E-state index in [1.807, 2.05) is 89.8 Å². The third-order valence-corrected chi connectivity index (χ3v) is 5.42. The fourth-order valence-electron chi connectivity index (χ4n) is 3.81. The highest BCUT2D eigenvalue weighted by Crippen LogP contribution is 2.29. The molecule has 152 valence electrons. The van der Waals surface area contributed by atoms with Crippen LogP contribution in [0.2, 0.25) is 0 Å². The summed E-state index contributed by atoms with van der Waals surface area (Å²) in [6, 6.07) is 28.0. The molecule has 0 radical (unpaired) electrons. The van der Waals surface area contributed by atoms with Crippen LogP contribution in [0.1, 0.15) is 11.1 Å². The van der Waals surface area contributed by atoms with Crippen molar-refractivity contribution in [3.63, 3.8) is 0 Å². The van der Waals surface area contributed by atoms with Crippen molar-refractivity contribution in [2.24, 2.45) is 0 Å². The van der Waals surface area contributed by atoms with E-state index in [0.717, 1.165) is 41.2 Å². The summed E-state index contributed by atoms with van der Waals surface area (Å²) in [6.07, 6.45) is 1.99. The quantitative estimate of drug-likeness (QED) is 0.466. The third kappa shape index (κ3) is 4.38. The van der Waals surface area contributed by atoms with E-state index in [1.165, 1.54) is 0 Å². The van der Waals surface area contributed by atoms with E-state index in [4.69, 9.17) is 4.74 Å². The van der Waals surface area contributed by atoms with Gasteiger partial charge in [-0.05, 0) is 29.3 Å². The molecule has 4 nitrogen and oxygen atoms in total. The summed E-state index contributed by atoms with van der Waals surface area (Å²) < 4.78 is 5.50. The first kappa shape index (κ1) is 19.8. The van der Waals surface area contributed by atoms with Crippen LogP contribution in [0.5, 0.6) is 5.75 Å². The molecule has 4 rings (SSSR count). The van der Waals surface area contributed by atoms with Crippen molar-refractivity contribution in [2.45, 2.75) is 0 Å². The maximum Gasteiger partial charge on any atom is 0.254 e. The highest BCUT2D eigenvalue weighted by molar-refractivity contribution is 6.24. The van der Waals surface area contributed by atoms with E-state index in [-0.39, 0.29) is 5.91 Å². The lowest BCUT2D eigenvalue weighted by molar-refractivity contribution is -0.125. The monoisotopic (exact) mass is 398 g/mol. The van der Waals surface area contributed by atoms with Gasteiger partial charge in [-0.3, -0.25) is 4.79 Å². The second kappa shape index (κ2) is 9.31. The number of carbonyl (C=O) groups excluding carboxylic acids is 1. The Hall–Kier alpha value is -3.53. The number of benzene rings is 3. The van der Waals surface area contributed by atoms with Crippen molar-refractivity contribution in [3.05, 3.63) is 96.1 Å². The highest BCUT2D eigenvalue weighted by atomic mass is 16.5. The molecule has 0 saturated carbocycles. The van der Waals surface area contributed by atoms with E-state index < -0.39 is 0 Å². The summed E-state index contributed by atoms with van der Waals surface area (Å²) in [5.41, 5.74) is 3.78. The van der Waals surface area contributed by atoms with Crippen LogP contribution in [0.3, 0.4) is 0 Å². The van der Waals surface area contributed by atoms with Crippen molar-refractivity contribution in [1.82, 2.24) is 4.90 Å². The zero-order valence-corrected chi connectivity index (χ0v) is 17.2. The van der Waals surface area contributed by atoms with Crippen molar-refractivity contribution < 1.29 is 9.53 Å². The first-order valence-electron chi connectivity index (χ1n) is 10.3. The second-order valence-corrected chi connectivity index (χ2v) is 7.29. The van der Waals surface area contributed by atoms with Gasteiger partial charge in [0.2, 0.25) is 0 Å². The van der Waals surface area contributed by atoms with Gasteiger partial charge in [-0.2, -0.15) is 0 Å². The minimum absolute atomic E-state index is 0.0738. The molecule has 3 aromatic carbocycles. The van der Waals surface area contributed by atoms with Gasteiger partial charge in [0, 0.05) is 31.8 Å². The molecule has 1 saturated heterocycles. The number of ether oxygens (including phenoxy) is 1. The zero-order chi connectivity index (χ0) is 20.8. The predicted molar refractivity (Wildman–Crippen MR) is 123 cm³/mol. The summed E-state index contributed by atoms with van der Waals surface area (Å²) in [5.74, 6) is 0.941. The van der Waals surface area contributed by atoms with Gasteiger partial charge in [0.1, 0.15) is 5.75 Å². The molecule has 1 heterocycles. The minimum Gasteiger partial charge on any atom is -0.495 e. The van der Waals surface area contributed by atoms with Crippen molar-refractivity contribution >= 4 is 23.2 Å². The van der Waals surface area contributed by atoms with E-state index in [2.05, 4.69) is 11.0 Å². The average Bonchev–Trinajstić information content (AvgIpc) is 2.83. The van der Waals surface area contributed by atoms with Crippen LogP contribution in [0, 0.1) is 0 Å². The molecule has 3 aromatic rings. The van der Waals surface area contributed by atoms with E-state index in [9.17, 15) is 4.79 Å². The Bertz CT molecular complexity index is 1010. The average molecular weight is 399 g/mol. The van der Waals surface area contributed by atoms with Crippen LogP contribution in [0.25, 0.3) is 11.6 Å². The molecule has 1 amide bonds. The standard InChI is InChI=1S/C26H26N2O2/c1-30-25-15-9-8-14-24(25)27-16-18-28(19-17-27)26(29)23(22-12-6-3-7-13-22)20-21-10-4-2-5-11-21/h2-15,20H,16-19H2,1H3. The Balaban J connectivity index is 1.54. The van der Waals surface area contributed by atoms with E-state index in [1.54, 1.807) is 7.11 Å². The normalized spacial score (nSPS) is 14.5. The molecule has 0 bridgehead atoms. The topological polar surface area (TPSA) is 32.8 Å². The number of anilines is 1. The summed E-state index contributed by atoms with van der Waals surface area (Å²) in [7, 11) is 1.69. The fourth-order valence-corrected chi connectivity index (χ4v) is 3.81. The number of nitrogens with zero attached hydrogens (tertiary/aromatic N) is 2. The summed E-state index contributed by atoms with van der Waals surface area (Å²) in [4.78, 5) is 17.7. The molecule has 30 heavy (non-hydrogen) atoms. The van der Waals surface area contributed by atoms with Gasteiger partial charge in [-0.25, -0.2) is 0 Å². The summed E-state index contributed by atoms with van der Waals surface area (Å²) >= 11 is 0. The number of para-hydroxylation sites is 2. The van der Waals surface area contributed by atoms with Crippen molar-refractivity contribution in [3.8, 4) is 5.75 Å². The molecule has 1 aliphatic heterocycles. The van der Waals surface area contributed by atoms with Gasteiger partial charge in [0.25, 0.3) is 5.91 Å². The number of rotatable bonds is 5. The van der Waals surface area contributed by atoms with Gasteiger partial charge in [0.05, 0.1) is 12.8 Å². The Morgan fingerprint density at radius 2 is 1.40 bits per heavy atom. The Kier molecular flexibility index (Phi) is 6.14. The molecule has 0 atom stereocenters. The molecule has 0 aliphatic carbocycles. The van der Waals surface area contributed by atoms with E-state index in [0.29, 0.717) is 13.1 Å². The summed E-state index contributed by atoms with van der Waals surface area (Å²) in [5, 5.41) is 0. The van der Waals surface area contributed by atoms with Crippen molar-refractivity contribution in [2.75, 3.05) is 38.2 Å². The Morgan fingerprint density at radius 1 is 0.800 bits per heavy atom. The lowest BCUT2D eigenvalue weighted by Gasteiger charge is -2.37. The molecule has 0 spiro atoms. The lowest BCUT2D eigenvalue weighted by Crippen LogP contribution is -2.49.